The SMILES string of the molecule is CC(C)(C)c1cnc(C2CNc3ccccc3O2)[nH]1. The van der Waals surface area contributed by atoms with Crippen LogP contribution in [-0.2, 0) is 5.41 Å². The Morgan fingerprint density at radius 2 is 2.05 bits per heavy atom. The Morgan fingerprint density at radius 3 is 2.79 bits per heavy atom. The van der Waals surface area contributed by atoms with Crippen molar-refractivity contribution in [3.05, 3.63) is 42.0 Å². The second-order valence-corrected chi connectivity index (χ2v) is 5.92. The van der Waals surface area contributed by atoms with Gasteiger partial charge in [-0.1, -0.05) is 32.9 Å². The molecule has 4 nitrogen and oxygen atoms in total. The third-order valence-corrected chi connectivity index (χ3v) is 3.34. The molecule has 0 aliphatic carbocycles. The predicted molar refractivity (Wildman–Crippen MR) is 75.6 cm³/mol. The Hall–Kier alpha value is -1.97. The summed E-state index contributed by atoms with van der Waals surface area (Å²) in [5, 5.41) is 3.37. The number of hydrogen-bond donors (Lipinski definition) is 2. The summed E-state index contributed by atoms with van der Waals surface area (Å²) in [7, 11) is 0. The molecule has 0 bridgehead atoms. The van der Waals surface area contributed by atoms with E-state index in [4.69, 9.17) is 4.74 Å². The van der Waals surface area contributed by atoms with Crippen LogP contribution in [0.2, 0.25) is 0 Å². The Bertz CT molecular complexity index is 583. The molecule has 0 spiro atoms. The largest absolute Gasteiger partial charge is 0.478 e. The van der Waals surface area contributed by atoms with E-state index < -0.39 is 0 Å². The van der Waals surface area contributed by atoms with Crippen LogP contribution in [0.4, 0.5) is 5.69 Å². The molecule has 2 heterocycles. The first-order valence-electron chi connectivity index (χ1n) is 6.59. The first-order valence-corrected chi connectivity index (χ1v) is 6.59. The van der Waals surface area contributed by atoms with Gasteiger partial charge in [-0.15, -0.1) is 0 Å². The molecule has 1 aliphatic heterocycles. The molecule has 1 atom stereocenters. The minimum atomic E-state index is -0.0639. The zero-order chi connectivity index (χ0) is 13.5. The van der Waals surface area contributed by atoms with E-state index in [0.29, 0.717) is 0 Å². The molecule has 1 aliphatic rings. The summed E-state index contributed by atoms with van der Waals surface area (Å²) in [6.07, 6.45) is 1.84. The molecule has 4 heteroatoms. The van der Waals surface area contributed by atoms with Crippen molar-refractivity contribution in [2.24, 2.45) is 0 Å². The lowest BCUT2D eigenvalue weighted by Gasteiger charge is -2.26. The molecule has 0 fully saturated rings. The van der Waals surface area contributed by atoms with Crippen molar-refractivity contribution in [2.75, 3.05) is 11.9 Å². The van der Waals surface area contributed by atoms with Crippen LogP contribution in [0.15, 0.2) is 30.5 Å². The number of benzene rings is 1. The average Bonchev–Trinajstić information content (AvgIpc) is 2.87. The zero-order valence-electron chi connectivity index (χ0n) is 11.5. The molecule has 1 unspecified atom stereocenters. The highest BCUT2D eigenvalue weighted by atomic mass is 16.5. The first kappa shape index (κ1) is 12.1. The number of aromatic nitrogens is 2. The van der Waals surface area contributed by atoms with E-state index >= 15 is 0 Å². The van der Waals surface area contributed by atoms with E-state index in [1.807, 2.05) is 30.5 Å². The van der Waals surface area contributed by atoms with Crippen molar-refractivity contribution in [3.63, 3.8) is 0 Å². The molecule has 100 valence electrons. The van der Waals surface area contributed by atoms with Crippen LogP contribution in [0.3, 0.4) is 0 Å². The lowest BCUT2D eigenvalue weighted by Crippen LogP contribution is -2.24. The molecular formula is C15H19N3O. The quantitative estimate of drug-likeness (QED) is 0.824. The van der Waals surface area contributed by atoms with Crippen molar-refractivity contribution in [1.29, 1.82) is 0 Å². The Balaban J connectivity index is 1.83. The van der Waals surface area contributed by atoms with E-state index in [1.165, 1.54) is 0 Å². The Morgan fingerprint density at radius 1 is 1.26 bits per heavy atom. The summed E-state index contributed by atoms with van der Waals surface area (Å²) in [5.41, 5.74) is 2.25. The highest BCUT2D eigenvalue weighted by Gasteiger charge is 2.25. The van der Waals surface area contributed by atoms with Crippen LogP contribution in [-0.4, -0.2) is 16.5 Å². The van der Waals surface area contributed by atoms with E-state index in [0.717, 1.165) is 29.5 Å². The molecular weight excluding hydrogens is 238 g/mol. The number of aromatic amines is 1. The molecule has 0 saturated carbocycles. The summed E-state index contributed by atoms with van der Waals surface area (Å²) in [6, 6.07) is 7.97. The van der Waals surface area contributed by atoms with Gasteiger partial charge in [-0.2, -0.15) is 0 Å². The number of nitrogens with one attached hydrogen (secondary N) is 2. The molecule has 19 heavy (non-hydrogen) atoms. The fourth-order valence-electron chi connectivity index (χ4n) is 2.15. The molecule has 0 radical (unpaired) electrons. The molecule has 1 aromatic carbocycles. The average molecular weight is 257 g/mol. The topological polar surface area (TPSA) is 49.9 Å². The first-order chi connectivity index (χ1) is 9.04. The van der Waals surface area contributed by atoms with E-state index in [2.05, 4.69) is 36.1 Å². The van der Waals surface area contributed by atoms with Crippen molar-refractivity contribution >= 4 is 5.69 Å². The van der Waals surface area contributed by atoms with Crippen LogP contribution in [0.25, 0.3) is 0 Å². The third-order valence-electron chi connectivity index (χ3n) is 3.34. The highest BCUT2D eigenvalue weighted by Crippen LogP contribution is 2.33. The van der Waals surface area contributed by atoms with E-state index in [1.54, 1.807) is 0 Å². The molecule has 2 aromatic rings. The van der Waals surface area contributed by atoms with Crippen molar-refractivity contribution < 1.29 is 4.74 Å². The number of hydrogen-bond acceptors (Lipinski definition) is 3. The van der Waals surface area contributed by atoms with Gasteiger partial charge in [0.1, 0.15) is 11.6 Å². The van der Waals surface area contributed by atoms with Gasteiger partial charge >= 0.3 is 0 Å². The number of H-pyrrole nitrogens is 1. The van der Waals surface area contributed by atoms with Crippen LogP contribution >= 0.6 is 0 Å². The Kier molecular flexibility index (Phi) is 2.73. The predicted octanol–water partition coefficient (Wildman–Crippen LogP) is 3.25. The number of fused-ring (bicyclic) bond motifs is 1. The van der Waals surface area contributed by atoms with Gasteiger partial charge in [0.2, 0.25) is 0 Å². The van der Waals surface area contributed by atoms with Gasteiger partial charge < -0.3 is 15.0 Å². The minimum Gasteiger partial charge on any atom is -0.478 e. The fraction of sp³-hybridized carbons (Fsp3) is 0.400. The van der Waals surface area contributed by atoms with Gasteiger partial charge in [0.25, 0.3) is 0 Å². The lowest BCUT2D eigenvalue weighted by molar-refractivity contribution is 0.201. The minimum absolute atomic E-state index is 0.0639. The lowest BCUT2D eigenvalue weighted by atomic mass is 9.93. The van der Waals surface area contributed by atoms with Gasteiger partial charge in [0, 0.05) is 17.3 Å². The maximum Gasteiger partial charge on any atom is 0.173 e. The monoisotopic (exact) mass is 257 g/mol. The van der Waals surface area contributed by atoms with Crippen LogP contribution in [0.1, 0.15) is 38.4 Å². The maximum absolute atomic E-state index is 5.99. The standard InChI is InChI=1S/C15H19N3O/c1-15(2,3)13-9-17-14(18-13)12-8-16-10-6-4-5-7-11(10)19-12/h4-7,9,12,16H,8H2,1-3H3,(H,17,18). The number of nitrogens with zero attached hydrogens (tertiary/aromatic N) is 1. The highest BCUT2D eigenvalue weighted by molar-refractivity contribution is 5.57. The van der Waals surface area contributed by atoms with E-state index in [9.17, 15) is 0 Å². The smallest absolute Gasteiger partial charge is 0.173 e. The maximum atomic E-state index is 5.99. The number of ether oxygens (including phenoxy) is 1. The van der Waals surface area contributed by atoms with Gasteiger partial charge in [-0.3, -0.25) is 0 Å². The second kappa shape index (κ2) is 4.30. The summed E-state index contributed by atoms with van der Waals surface area (Å²) >= 11 is 0. The van der Waals surface area contributed by atoms with Gasteiger partial charge in [-0.25, -0.2) is 4.98 Å². The normalized spacial score (nSPS) is 18.4. The number of para-hydroxylation sites is 2. The number of imidazole rings is 1. The van der Waals surface area contributed by atoms with E-state index in [-0.39, 0.29) is 11.5 Å². The molecule has 3 rings (SSSR count). The number of rotatable bonds is 1. The zero-order valence-corrected chi connectivity index (χ0v) is 11.5. The Labute approximate surface area is 113 Å². The van der Waals surface area contributed by atoms with Crippen molar-refractivity contribution in [3.8, 4) is 5.75 Å². The van der Waals surface area contributed by atoms with Crippen LogP contribution < -0.4 is 10.1 Å². The second-order valence-electron chi connectivity index (χ2n) is 5.92. The summed E-state index contributed by atoms with van der Waals surface area (Å²) in [6.45, 7) is 7.23. The van der Waals surface area contributed by atoms with Gasteiger partial charge in [-0.05, 0) is 12.1 Å². The fourth-order valence-corrected chi connectivity index (χ4v) is 2.15. The van der Waals surface area contributed by atoms with Crippen LogP contribution in [0, 0.1) is 0 Å². The molecule has 1 aromatic heterocycles. The van der Waals surface area contributed by atoms with Crippen molar-refractivity contribution in [1.82, 2.24) is 9.97 Å². The summed E-state index contributed by atoms with van der Waals surface area (Å²) in [5.74, 6) is 1.76. The molecule has 0 saturated heterocycles. The molecule has 2 N–H and O–H groups in total. The third kappa shape index (κ3) is 2.30. The van der Waals surface area contributed by atoms with Crippen LogP contribution in [0.5, 0.6) is 5.75 Å². The number of anilines is 1. The molecule has 0 amide bonds. The summed E-state index contributed by atoms with van der Waals surface area (Å²) < 4.78 is 5.99. The van der Waals surface area contributed by atoms with Gasteiger partial charge in [0.15, 0.2) is 6.10 Å². The van der Waals surface area contributed by atoms with Gasteiger partial charge in [0.05, 0.1) is 12.2 Å². The summed E-state index contributed by atoms with van der Waals surface area (Å²) in [4.78, 5) is 7.84. The van der Waals surface area contributed by atoms with Crippen molar-refractivity contribution in [2.45, 2.75) is 32.3 Å².